The quantitative estimate of drug-likeness (QED) is 0.620. The Balaban J connectivity index is 1.95. The number of nitrogens with two attached hydrogens (primary N) is 1. The Morgan fingerprint density at radius 1 is 1.16 bits per heavy atom. The van der Waals surface area contributed by atoms with Crippen molar-refractivity contribution < 1.29 is 19.1 Å². The summed E-state index contributed by atoms with van der Waals surface area (Å²) < 4.78 is 11.1. The maximum atomic E-state index is 14.8. The molecule has 1 amide bonds. The van der Waals surface area contributed by atoms with Gasteiger partial charge in [0.25, 0.3) is 0 Å². The molecule has 3 aliphatic heterocycles. The molecule has 0 saturated carbocycles. The number of aryl methyl sites for hydroxylation is 1. The van der Waals surface area contributed by atoms with E-state index in [1.165, 1.54) is 0 Å². The third-order valence-corrected chi connectivity index (χ3v) is 8.01. The number of nitriles is 1. The molecule has 2 aromatic rings. The number of ether oxygens (including phenoxy) is 2. The minimum absolute atomic E-state index is 0.00418. The van der Waals surface area contributed by atoms with Crippen molar-refractivity contribution in [2.45, 2.75) is 64.3 Å². The van der Waals surface area contributed by atoms with E-state index in [-0.39, 0.29) is 35.3 Å². The van der Waals surface area contributed by atoms with Crippen LogP contribution in [-0.2, 0) is 29.9 Å². The molecule has 2 aromatic carbocycles. The van der Waals surface area contributed by atoms with E-state index in [1.54, 1.807) is 18.7 Å². The number of fused-ring (bicyclic) bond motifs is 1. The van der Waals surface area contributed by atoms with Crippen LogP contribution in [0.5, 0.6) is 0 Å². The molecule has 3 heterocycles. The Kier molecular flexibility index (Phi) is 5.31. The van der Waals surface area contributed by atoms with E-state index in [9.17, 15) is 14.9 Å². The molecule has 190 valence electrons. The van der Waals surface area contributed by atoms with Gasteiger partial charge in [0, 0.05) is 16.5 Å². The standard InChI is InChI=1S/C30H31N3O4/c1-7-36-26(34)23-18(3)37-25(32)22(15-31)30(23)21-14-17(2)13-20-24(21)33(27(30)35)28(4,5)16-29(20,6)19-11-9-8-10-12-19/h8-14H,7,16,32H2,1-6H3. The first-order valence-corrected chi connectivity index (χ1v) is 12.5. The highest BCUT2D eigenvalue weighted by atomic mass is 16.5. The summed E-state index contributed by atoms with van der Waals surface area (Å²) in [5, 5.41) is 10.4. The van der Waals surface area contributed by atoms with Gasteiger partial charge in [-0.15, -0.1) is 0 Å². The monoisotopic (exact) mass is 497 g/mol. The molecule has 5 rings (SSSR count). The number of anilines is 1. The van der Waals surface area contributed by atoms with Crippen molar-refractivity contribution in [2.24, 2.45) is 5.73 Å². The van der Waals surface area contributed by atoms with Gasteiger partial charge in [0.05, 0.1) is 12.3 Å². The molecule has 0 fully saturated rings. The molecule has 7 heteroatoms. The van der Waals surface area contributed by atoms with Gasteiger partial charge in [-0.05, 0) is 52.2 Å². The number of nitrogens with zero attached hydrogens (tertiary/aromatic N) is 2. The van der Waals surface area contributed by atoms with Crippen molar-refractivity contribution in [1.82, 2.24) is 0 Å². The molecule has 3 aliphatic rings. The van der Waals surface area contributed by atoms with Crippen LogP contribution < -0.4 is 10.6 Å². The predicted molar refractivity (Wildman–Crippen MR) is 139 cm³/mol. The Morgan fingerprint density at radius 2 is 1.81 bits per heavy atom. The molecule has 2 unspecified atom stereocenters. The van der Waals surface area contributed by atoms with Gasteiger partial charge in [-0.3, -0.25) is 4.79 Å². The number of carbonyl (C=O) groups is 2. The number of hydrogen-bond donors (Lipinski definition) is 1. The SMILES string of the molecule is CCOC(=O)C1=C(C)OC(N)=C(C#N)C12C(=O)N1c3c2cc(C)cc3C(C)(c2ccccc2)CC1(C)C. The fraction of sp³-hybridized carbons (Fsp3) is 0.367. The Hall–Kier alpha value is -4.05. The van der Waals surface area contributed by atoms with Gasteiger partial charge in [0.15, 0.2) is 5.41 Å². The molecule has 7 nitrogen and oxygen atoms in total. The number of allylic oxidation sites excluding steroid dienone is 1. The van der Waals surface area contributed by atoms with Crippen LogP contribution in [-0.4, -0.2) is 24.0 Å². The van der Waals surface area contributed by atoms with Gasteiger partial charge in [-0.1, -0.05) is 55.0 Å². The fourth-order valence-corrected chi connectivity index (χ4v) is 6.75. The number of carbonyl (C=O) groups excluding carboxylic acids is 2. The second-order valence-electron chi connectivity index (χ2n) is 10.9. The highest BCUT2D eigenvalue weighted by Gasteiger charge is 2.66. The third-order valence-electron chi connectivity index (χ3n) is 8.01. The summed E-state index contributed by atoms with van der Waals surface area (Å²) in [4.78, 5) is 30.0. The van der Waals surface area contributed by atoms with Gasteiger partial charge in [-0.25, -0.2) is 4.79 Å². The van der Waals surface area contributed by atoms with E-state index in [1.807, 2.05) is 45.0 Å². The van der Waals surface area contributed by atoms with E-state index in [0.717, 1.165) is 22.4 Å². The summed E-state index contributed by atoms with van der Waals surface area (Å²) in [5.41, 5.74) is 7.62. The van der Waals surface area contributed by atoms with Crippen LogP contribution in [0.1, 0.15) is 63.3 Å². The molecule has 2 atom stereocenters. The zero-order chi connectivity index (χ0) is 26.9. The number of benzene rings is 2. The maximum Gasteiger partial charge on any atom is 0.339 e. The van der Waals surface area contributed by atoms with Crippen LogP contribution in [0.25, 0.3) is 0 Å². The lowest BCUT2D eigenvalue weighted by Gasteiger charge is -2.50. The van der Waals surface area contributed by atoms with Crippen LogP contribution in [0.2, 0.25) is 0 Å². The predicted octanol–water partition coefficient (Wildman–Crippen LogP) is 4.63. The molecular weight excluding hydrogens is 466 g/mol. The second kappa shape index (κ2) is 7.97. The zero-order valence-electron chi connectivity index (χ0n) is 22.1. The van der Waals surface area contributed by atoms with Gasteiger partial charge in [-0.2, -0.15) is 5.26 Å². The Bertz CT molecular complexity index is 1460. The zero-order valence-corrected chi connectivity index (χ0v) is 22.1. The molecular formula is C30H31N3O4. The Morgan fingerprint density at radius 3 is 2.43 bits per heavy atom. The lowest BCUT2D eigenvalue weighted by Crippen LogP contribution is -2.57. The van der Waals surface area contributed by atoms with E-state index in [4.69, 9.17) is 15.2 Å². The van der Waals surface area contributed by atoms with Crippen LogP contribution in [0.15, 0.2) is 65.3 Å². The number of esters is 1. The molecule has 0 aliphatic carbocycles. The van der Waals surface area contributed by atoms with Crippen molar-refractivity contribution in [3.63, 3.8) is 0 Å². The second-order valence-corrected chi connectivity index (χ2v) is 10.9. The van der Waals surface area contributed by atoms with Crippen molar-refractivity contribution in [1.29, 1.82) is 5.26 Å². The van der Waals surface area contributed by atoms with Crippen LogP contribution in [0.3, 0.4) is 0 Å². The normalized spacial score (nSPS) is 25.6. The van der Waals surface area contributed by atoms with Crippen molar-refractivity contribution >= 4 is 17.6 Å². The lowest BCUT2D eigenvalue weighted by molar-refractivity contribution is -0.141. The van der Waals surface area contributed by atoms with Crippen LogP contribution in [0, 0.1) is 18.3 Å². The van der Waals surface area contributed by atoms with Gasteiger partial charge in [0.1, 0.15) is 23.0 Å². The fourth-order valence-electron chi connectivity index (χ4n) is 6.75. The summed E-state index contributed by atoms with van der Waals surface area (Å²) in [6.07, 6.45) is 0.636. The third kappa shape index (κ3) is 3.05. The van der Waals surface area contributed by atoms with E-state index < -0.39 is 22.3 Å². The Labute approximate surface area is 217 Å². The first-order chi connectivity index (χ1) is 17.4. The topological polar surface area (TPSA) is 106 Å². The maximum absolute atomic E-state index is 14.8. The van der Waals surface area contributed by atoms with E-state index in [2.05, 4.69) is 31.2 Å². The minimum Gasteiger partial charge on any atom is -0.462 e. The van der Waals surface area contributed by atoms with Gasteiger partial charge < -0.3 is 20.1 Å². The number of amides is 1. The largest absolute Gasteiger partial charge is 0.462 e. The highest BCUT2D eigenvalue weighted by Crippen LogP contribution is 2.62. The van der Waals surface area contributed by atoms with E-state index in [0.29, 0.717) is 12.0 Å². The summed E-state index contributed by atoms with van der Waals surface area (Å²) in [6.45, 7) is 11.6. The summed E-state index contributed by atoms with van der Waals surface area (Å²) >= 11 is 0. The molecule has 1 spiro atoms. The first-order valence-electron chi connectivity index (χ1n) is 12.5. The average molecular weight is 498 g/mol. The molecule has 0 bridgehead atoms. The molecule has 0 aromatic heterocycles. The summed E-state index contributed by atoms with van der Waals surface area (Å²) in [6, 6.07) is 16.4. The van der Waals surface area contributed by atoms with Crippen molar-refractivity contribution in [3.8, 4) is 6.07 Å². The summed E-state index contributed by atoms with van der Waals surface area (Å²) in [7, 11) is 0. The highest BCUT2D eigenvalue weighted by molar-refractivity contribution is 6.20. The molecule has 2 N–H and O–H groups in total. The van der Waals surface area contributed by atoms with Crippen LogP contribution in [0.4, 0.5) is 5.69 Å². The van der Waals surface area contributed by atoms with Gasteiger partial charge >= 0.3 is 5.97 Å². The van der Waals surface area contributed by atoms with Crippen molar-refractivity contribution in [2.75, 3.05) is 11.5 Å². The number of hydrogen-bond acceptors (Lipinski definition) is 6. The van der Waals surface area contributed by atoms with E-state index >= 15 is 0 Å². The van der Waals surface area contributed by atoms with Crippen molar-refractivity contribution in [3.05, 3.63) is 87.5 Å². The molecule has 0 radical (unpaired) electrons. The summed E-state index contributed by atoms with van der Waals surface area (Å²) in [5.74, 6) is -1.12. The average Bonchev–Trinajstić information content (AvgIpc) is 3.07. The minimum atomic E-state index is -1.76. The smallest absolute Gasteiger partial charge is 0.339 e. The first kappa shape index (κ1) is 24.6. The van der Waals surface area contributed by atoms with Gasteiger partial charge in [0.2, 0.25) is 11.8 Å². The molecule has 37 heavy (non-hydrogen) atoms. The lowest BCUT2D eigenvalue weighted by atomic mass is 9.64. The molecule has 0 saturated heterocycles. The van der Waals surface area contributed by atoms with Crippen LogP contribution >= 0.6 is 0 Å². The number of rotatable bonds is 3.